The largest absolute Gasteiger partial charge is 0.363 e. The van der Waals surface area contributed by atoms with Gasteiger partial charge in [0.15, 0.2) is 10.9 Å². The van der Waals surface area contributed by atoms with Crippen LogP contribution in [0.3, 0.4) is 0 Å². The molecule has 20 heavy (non-hydrogen) atoms. The Morgan fingerprint density at radius 1 is 1.25 bits per heavy atom. The minimum Gasteiger partial charge on any atom is -0.363 e. The van der Waals surface area contributed by atoms with E-state index in [0.29, 0.717) is 22.5 Å². The van der Waals surface area contributed by atoms with E-state index in [2.05, 4.69) is 30.3 Å². The molecular formula is C12H9N5O2S. The second-order valence-electron chi connectivity index (χ2n) is 3.72. The topological polar surface area (TPSA) is 92.9 Å². The fourth-order valence-electron chi connectivity index (χ4n) is 1.44. The highest BCUT2D eigenvalue weighted by molar-refractivity contribution is 7.14. The van der Waals surface area contributed by atoms with Crippen LogP contribution >= 0.6 is 11.3 Å². The Morgan fingerprint density at radius 2 is 2.20 bits per heavy atom. The number of rotatable bonds is 4. The van der Waals surface area contributed by atoms with Crippen LogP contribution in [0.4, 0.5) is 16.8 Å². The van der Waals surface area contributed by atoms with E-state index in [-0.39, 0.29) is 5.91 Å². The van der Waals surface area contributed by atoms with Crippen LogP contribution in [0.5, 0.6) is 0 Å². The average Bonchev–Trinajstić information content (AvgIpc) is 3.11. The van der Waals surface area contributed by atoms with E-state index in [9.17, 15) is 4.79 Å². The lowest BCUT2D eigenvalue weighted by molar-refractivity contribution is 0.102. The number of carbonyl (C=O) groups excluding carboxylic acids is 1. The van der Waals surface area contributed by atoms with E-state index < -0.39 is 0 Å². The van der Waals surface area contributed by atoms with Crippen molar-refractivity contribution in [1.29, 1.82) is 0 Å². The monoisotopic (exact) mass is 287 g/mol. The molecule has 3 aromatic rings. The first-order valence-corrected chi connectivity index (χ1v) is 6.54. The van der Waals surface area contributed by atoms with Crippen molar-refractivity contribution in [3.05, 3.63) is 47.8 Å². The first-order valence-electron chi connectivity index (χ1n) is 5.66. The minimum absolute atomic E-state index is 0.302. The summed E-state index contributed by atoms with van der Waals surface area (Å²) in [6, 6.07) is 7.05. The third-order valence-corrected chi connectivity index (χ3v) is 3.07. The molecule has 1 amide bonds. The molecule has 3 aromatic heterocycles. The molecule has 100 valence electrons. The lowest BCUT2D eigenvalue weighted by atomic mass is 10.4. The smallest absolute Gasteiger partial charge is 0.276 e. The van der Waals surface area contributed by atoms with E-state index >= 15 is 0 Å². The number of pyridine rings is 1. The molecule has 0 fully saturated rings. The molecule has 0 aliphatic heterocycles. The molecule has 7 nitrogen and oxygen atoms in total. The zero-order valence-corrected chi connectivity index (χ0v) is 10.9. The summed E-state index contributed by atoms with van der Waals surface area (Å²) in [6.45, 7) is 0. The zero-order valence-electron chi connectivity index (χ0n) is 10.1. The van der Waals surface area contributed by atoms with Gasteiger partial charge in [0.1, 0.15) is 17.8 Å². The highest BCUT2D eigenvalue weighted by Crippen LogP contribution is 2.19. The van der Waals surface area contributed by atoms with E-state index in [1.165, 1.54) is 17.6 Å². The third-order valence-electron chi connectivity index (χ3n) is 2.32. The summed E-state index contributed by atoms with van der Waals surface area (Å²) in [5.41, 5.74) is 0.302. The Morgan fingerprint density at radius 3 is 2.95 bits per heavy atom. The van der Waals surface area contributed by atoms with Gasteiger partial charge in [-0.15, -0.1) is 11.3 Å². The SMILES string of the molecule is O=C(Nc1ccon1)c1csc(Nc2ccccn2)n1. The maximum atomic E-state index is 11.9. The van der Waals surface area contributed by atoms with Crippen LogP contribution in [0.1, 0.15) is 10.5 Å². The van der Waals surface area contributed by atoms with Gasteiger partial charge in [0.2, 0.25) is 0 Å². The average molecular weight is 287 g/mol. The lowest BCUT2D eigenvalue weighted by Crippen LogP contribution is -2.12. The van der Waals surface area contributed by atoms with Crippen molar-refractivity contribution in [2.75, 3.05) is 10.6 Å². The van der Waals surface area contributed by atoms with Crippen LogP contribution in [0.15, 0.2) is 46.6 Å². The van der Waals surface area contributed by atoms with Gasteiger partial charge in [-0.25, -0.2) is 9.97 Å². The Bertz CT molecular complexity index is 696. The standard InChI is InChI=1S/C12H9N5O2S/c18-11(15-10-4-6-19-17-10)8-7-20-12(14-8)16-9-3-1-2-5-13-9/h1-7H,(H,13,14,16)(H,15,17,18). The van der Waals surface area contributed by atoms with Gasteiger partial charge < -0.3 is 15.2 Å². The second-order valence-corrected chi connectivity index (χ2v) is 4.57. The molecule has 0 aliphatic rings. The summed E-state index contributed by atoms with van der Waals surface area (Å²) in [6.07, 6.45) is 3.05. The van der Waals surface area contributed by atoms with Crippen LogP contribution < -0.4 is 10.6 Å². The van der Waals surface area contributed by atoms with Crippen molar-refractivity contribution >= 4 is 34.0 Å². The van der Waals surface area contributed by atoms with Crippen LogP contribution in [-0.2, 0) is 0 Å². The normalized spacial score (nSPS) is 10.2. The van der Waals surface area contributed by atoms with Gasteiger partial charge in [0.25, 0.3) is 5.91 Å². The Labute approximate surface area is 117 Å². The molecule has 8 heteroatoms. The summed E-state index contributed by atoms with van der Waals surface area (Å²) in [5.74, 6) is 0.678. The molecule has 0 saturated carbocycles. The summed E-state index contributed by atoms with van der Waals surface area (Å²) in [5, 5.41) is 11.4. The number of amides is 1. The molecule has 0 aromatic carbocycles. The molecular weight excluding hydrogens is 278 g/mol. The van der Waals surface area contributed by atoms with Crippen LogP contribution in [0.25, 0.3) is 0 Å². The molecule has 3 heterocycles. The van der Waals surface area contributed by atoms with Crippen molar-refractivity contribution in [1.82, 2.24) is 15.1 Å². The molecule has 2 N–H and O–H groups in total. The first kappa shape index (κ1) is 12.3. The maximum Gasteiger partial charge on any atom is 0.276 e. The highest BCUT2D eigenvalue weighted by Gasteiger charge is 2.12. The molecule has 3 rings (SSSR count). The van der Waals surface area contributed by atoms with Crippen molar-refractivity contribution in [3.63, 3.8) is 0 Å². The quantitative estimate of drug-likeness (QED) is 0.766. The number of anilines is 3. The van der Waals surface area contributed by atoms with Crippen LogP contribution in [0, 0.1) is 0 Å². The fraction of sp³-hybridized carbons (Fsp3) is 0. The molecule has 0 aliphatic carbocycles. The van der Waals surface area contributed by atoms with Gasteiger partial charge in [-0.2, -0.15) is 0 Å². The molecule has 0 radical (unpaired) electrons. The van der Waals surface area contributed by atoms with Crippen molar-refractivity contribution < 1.29 is 9.32 Å². The van der Waals surface area contributed by atoms with Crippen molar-refractivity contribution in [3.8, 4) is 0 Å². The Balaban J connectivity index is 1.69. The summed E-state index contributed by atoms with van der Waals surface area (Å²) >= 11 is 1.32. The summed E-state index contributed by atoms with van der Waals surface area (Å²) in [4.78, 5) is 20.2. The third kappa shape index (κ3) is 2.81. The van der Waals surface area contributed by atoms with E-state index in [1.807, 2.05) is 18.2 Å². The Hall–Kier alpha value is -2.74. The van der Waals surface area contributed by atoms with Crippen LogP contribution in [-0.4, -0.2) is 21.0 Å². The van der Waals surface area contributed by atoms with Gasteiger partial charge in [-0.05, 0) is 12.1 Å². The summed E-state index contributed by atoms with van der Waals surface area (Å²) < 4.78 is 4.63. The predicted molar refractivity (Wildman–Crippen MR) is 74.1 cm³/mol. The first-order chi connectivity index (χ1) is 9.81. The molecule has 0 saturated heterocycles. The predicted octanol–water partition coefficient (Wildman–Crippen LogP) is 2.52. The fourth-order valence-corrected chi connectivity index (χ4v) is 2.14. The van der Waals surface area contributed by atoms with Gasteiger partial charge in [-0.3, -0.25) is 4.79 Å². The highest BCUT2D eigenvalue weighted by atomic mass is 32.1. The van der Waals surface area contributed by atoms with Crippen LogP contribution in [0.2, 0.25) is 0 Å². The number of carbonyl (C=O) groups is 1. The second kappa shape index (κ2) is 5.49. The number of hydrogen-bond acceptors (Lipinski definition) is 7. The molecule has 0 unspecified atom stereocenters. The lowest BCUT2D eigenvalue weighted by Gasteiger charge is -1.99. The number of nitrogens with zero attached hydrogens (tertiary/aromatic N) is 3. The van der Waals surface area contributed by atoms with Gasteiger partial charge in [0.05, 0.1) is 0 Å². The molecule has 0 atom stereocenters. The Kier molecular flexibility index (Phi) is 3.38. The van der Waals surface area contributed by atoms with Gasteiger partial charge in [0, 0.05) is 17.6 Å². The van der Waals surface area contributed by atoms with Crippen molar-refractivity contribution in [2.24, 2.45) is 0 Å². The zero-order chi connectivity index (χ0) is 13.8. The van der Waals surface area contributed by atoms with Gasteiger partial charge >= 0.3 is 0 Å². The summed E-state index contributed by atoms with van der Waals surface area (Å²) in [7, 11) is 0. The number of thiazole rings is 1. The number of hydrogen-bond donors (Lipinski definition) is 2. The molecule has 0 spiro atoms. The minimum atomic E-state index is -0.343. The number of nitrogens with one attached hydrogen (secondary N) is 2. The molecule has 0 bridgehead atoms. The van der Waals surface area contributed by atoms with Crippen molar-refractivity contribution in [2.45, 2.75) is 0 Å². The maximum absolute atomic E-state index is 11.9. The number of aromatic nitrogens is 3. The van der Waals surface area contributed by atoms with E-state index in [4.69, 9.17) is 0 Å². The van der Waals surface area contributed by atoms with E-state index in [0.717, 1.165) is 0 Å². The van der Waals surface area contributed by atoms with Gasteiger partial charge in [-0.1, -0.05) is 11.2 Å². The van der Waals surface area contributed by atoms with E-state index in [1.54, 1.807) is 17.6 Å².